The van der Waals surface area contributed by atoms with Gasteiger partial charge in [0.1, 0.15) is 23.2 Å². The topological polar surface area (TPSA) is 82.8 Å². The predicted molar refractivity (Wildman–Crippen MR) is 131 cm³/mol. The quantitative estimate of drug-likeness (QED) is 0.412. The van der Waals surface area contributed by atoms with E-state index in [1.165, 1.54) is 29.4 Å². The largest absolute Gasteiger partial charge is 0.358 e. The molecule has 1 aromatic carbocycles. The molecule has 8 nitrogen and oxygen atoms in total. The summed E-state index contributed by atoms with van der Waals surface area (Å²) in [6, 6.07) is 10.4. The zero-order valence-corrected chi connectivity index (χ0v) is 19.6. The second-order valence-electron chi connectivity index (χ2n) is 8.43. The van der Waals surface area contributed by atoms with Crippen molar-refractivity contribution in [2.75, 3.05) is 9.80 Å². The molecule has 11 heteroatoms. The van der Waals surface area contributed by atoms with Gasteiger partial charge in [0.2, 0.25) is 0 Å². The fraction of sp³-hybridized carbons (Fsp3) is 0.200. The van der Waals surface area contributed by atoms with Gasteiger partial charge in [-0.2, -0.15) is 0 Å². The van der Waals surface area contributed by atoms with Crippen LogP contribution in [0, 0.1) is 18.2 Å². The van der Waals surface area contributed by atoms with Crippen molar-refractivity contribution in [1.82, 2.24) is 15.3 Å². The number of nitrogens with one attached hydrogen (secondary N) is 1. The van der Waals surface area contributed by atoms with Gasteiger partial charge < -0.3 is 15.1 Å². The molecule has 1 aliphatic carbocycles. The van der Waals surface area contributed by atoms with E-state index in [1.54, 1.807) is 29.2 Å². The minimum Gasteiger partial charge on any atom is -0.358 e. The number of carbonyl (C=O) groups is 2. The van der Waals surface area contributed by atoms with Gasteiger partial charge in [0.15, 0.2) is 10.9 Å². The molecule has 0 bridgehead atoms. The fourth-order valence-electron chi connectivity index (χ4n) is 4.42. The maximum Gasteiger partial charge on any atom is 0.305 e. The third kappa shape index (κ3) is 3.76. The Bertz CT molecular complexity index is 1440. The summed E-state index contributed by atoms with van der Waals surface area (Å²) < 4.78 is 29.3. The average Bonchev–Trinajstić information content (AvgIpc) is 3.10. The van der Waals surface area contributed by atoms with Gasteiger partial charge in [-0.05, 0) is 61.8 Å². The van der Waals surface area contributed by atoms with Crippen LogP contribution in [0.5, 0.6) is 0 Å². The molecule has 3 heterocycles. The van der Waals surface area contributed by atoms with Crippen molar-refractivity contribution in [2.24, 2.45) is 0 Å². The Labute approximate surface area is 210 Å². The highest BCUT2D eigenvalue weighted by molar-refractivity contribution is 7.81. The van der Waals surface area contributed by atoms with E-state index >= 15 is 4.39 Å². The maximum absolute atomic E-state index is 15.1. The lowest BCUT2D eigenvalue weighted by Gasteiger charge is -2.43. The summed E-state index contributed by atoms with van der Waals surface area (Å²) in [7, 11) is 0. The van der Waals surface area contributed by atoms with Crippen LogP contribution >= 0.6 is 12.2 Å². The van der Waals surface area contributed by atoms with Crippen molar-refractivity contribution in [3.63, 3.8) is 0 Å². The standard InChI is InChI=1S/C25H18F2N6O2S/c1-28-21-19(27)12-17(14-30-21)32-23(35)25(8-4-9-25)33(24(32)36)16-7-6-15(18(26)11-16)13-31-22(34)20-5-2-3-10-29-20/h2-3,5-7,10-12,14H,4,8-9,13H2,(H,31,34). The number of amides is 2. The Morgan fingerprint density at radius 1 is 1.14 bits per heavy atom. The lowest BCUT2D eigenvalue weighted by atomic mass is 9.75. The number of pyridine rings is 2. The first kappa shape index (κ1) is 23.4. The zero-order valence-electron chi connectivity index (χ0n) is 18.7. The normalized spacial score (nSPS) is 16.1. The number of hydrogen-bond donors (Lipinski definition) is 1. The van der Waals surface area contributed by atoms with Crippen LogP contribution in [0.4, 0.5) is 26.0 Å². The molecule has 0 radical (unpaired) electrons. The van der Waals surface area contributed by atoms with E-state index in [2.05, 4.69) is 20.1 Å². The molecule has 1 spiro atoms. The molecule has 0 unspecified atom stereocenters. The number of halogens is 2. The molecule has 2 aliphatic rings. The SMILES string of the molecule is [C-]#[N+]c1ncc(N2C(=O)C3(CCC3)N(c3ccc(CNC(=O)c4ccccn4)c(F)c3)C2=S)cc1F. The van der Waals surface area contributed by atoms with E-state index in [1.807, 2.05) is 0 Å². The number of rotatable bonds is 5. The van der Waals surface area contributed by atoms with Gasteiger partial charge in [0.05, 0.1) is 5.69 Å². The molecule has 1 saturated heterocycles. The van der Waals surface area contributed by atoms with Crippen molar-refractivity contribution in [2.45, 2.75) is 31.3 Å². The zero-order chi connectivity index (χ0) is 25.4. The summed E-state index contributed by atoms with van der Waals surface area (Å²) in [5.74, 6) is -2.62. The molecule has 2 amide bonds. The minimum absolute atomic E-state index is 0.0550. The van der Waals surface area contributed by atoms with E-state index < -0.39 is 28.9 Å². The maximum atomic E-state index is 15.1. The monoisotopic (exact) mass is 504 g/mol. The molecular weight excluding hydrogens is 486 g/mol. The van der Waals surface area contributed by atoms with Gasteiger partial charge in [-0.3, -0.25) is 19.5 Å². The number of aromatic nitrogens is 2. The summed E-state index contributed by atoms with van der Waals surface area (Å²) in [5.41, 5.74) is -0.0393. The van der Waals surface area contributed by atoms with Gasteiger partial charge in [0.25, 0.3) is 11.8 Å². The van der Waals surface area contributed by atoms with Crippen LogP contribution < -0.4 is 15.1 Å². The Morgan fingerprint density at radius 2 is 1.92 bits per heavy atom. The molecule has 2 fully saturated rings. The summed E-state index contributed by atoms with van der Waals surface area (Å²) in [6.45, 7) is 6.92. The highest BCUT2D eigenvalue weighted by atomic mass is 32.1. The average molecular weight is 505 g/mol. The van der Waals surface area contributed by atoms with Gasteiger partial charge in [-0.15, -0.1) is 4.98 Å². The lowest BCUT2D eigenvalue weighted by Crippen LogP contribution is -2.55. The first-order chi connectivity index (χ1) is 17.4. The lowest BCUT2D eigenvalue weighted by molar-refractivity contribution is -0.123. The first-order valence-corrected chi connectivity index (χ1v) is 11.5. The van der Waals surface area contributed by atoms with Crippen LogP contribution in [-0.4, -0.2) is 32.4 Å². The van der Waals surface area contributed by atoms with Crippen LogP contribution in [0.3, 0.4) is 0 Å². The summed E-state index contributed by atoms with van der Waals surface area (Å²) in [5, 5.41) is 2.71. The van der Waals surface area contributed by atoms with E-state index in [9.17, 15) is 14.0 Å². The highest BCUT2D eigenvalue weighted by Crippen LogP contribution is 2.48. The van der Waals surface area contributed by atoms with Gasteiger partial charge in [-0.1, -0.05) is 18.7 Å². The van der Waals surface area contributed by atoms with Crippen molar-refractivity contribution in [3.8, 4) is 0 Å². The summed E-state index contributed by atoms with van der Waals surface area (Å²) in [6.07, 6.45) is 4.50. The molecule has 1 aliphatic heterocycles. The third-order valence-electron chi connectivity index (χ3n) is 6.40. The number of nitrogens with zero attached hydrogens (tertiary/aromatic N) is 5. The smallest absolute Gasteiger partial charge is 0.305 e. The molecular formula is C25H18F2N6O2S. The second-order valence-corrected chi connectivity index (χ2v) is 8.79. The van der Waals surface area contributed by atoms with Crippen molar-refractivity contribution in [3.05, 3.63) is 89.2 Å². The van der Waals surface area contributed by atoms with Crippen LogP contribution in [0.15, 0.2) is 54.9 Å². The van der Waals surface area contributed by atoms with Crippen LogP contribution in [0.2, 0.25) is 0 Å². The molecule has 36 heavy (non-hydrogen) atoms. The van der Waals surface area contributed by atoms with Crippen molar-refractivity contribution >= 4 is 46.3 Å². The van der Waals surface area contributed by atoms with E-state index in [0.717, 1.165) is 12.5 Å². The number of hydrogen-bond acceptors (Lipinski definition) is 5. The van der Waals surface area contributed by atoms with Crippen LogP contribution in [0.1, 0.15) is 35.3 Å². The Hall–Kier alpha value is -4.30. The molecule has 1 saturated carbocycles. The fourth-order valence-corrected chi connectivity index (χ4v) is 4.88. The summed E-state index contributed by atoms with van der Waals surface area (Å²) >= 11 is 5.61. The second kappa shape index (κ2) is 9.05. The molecule has 1 N–H and O–H groups in total. The number of benzene rings is 1. The van der Waals surface area contributed by atoms with Crippen LogP contribution in [0.25, 0.3) is 4.85 Å². The molecule has 0 atom stereocenters. The summed E-state index contributed by atoms with van der Waals surface area (Å²) in [4.78, 5) is 39.3. The van der Waals surface area contributed by atoms with Gasteiger partial charge in [-0.25, -0.2) is 8.78 Å². The van der Waals surface area contributed by atoms with Gasteiger partial charge >= 0.3 is 5.82 Å². The minimum atomic E-state index is -0.993. The highest BCUT2D eigenvalue weighted by Gasteiger charge is 2.59. The van der Waals surface area contributed by atoms with Crippen molar-refractivity contribution < 1.29 is 18.4 Å². The van der Waals surface area contributed by atoms with Gasteiger partial charge in [0, 0.05) is 24.0 Å². The van der Waals surface area contributed by atoms with Crippen LogP contribution in [-0.2, 0) is 11.3 Å². The van der Waals surface area contributed by atoms with Crippen molar-refractivity contribution in [1.29, 1.82) is 0 Å². The first-order valence-electron chi connectivity index (χ1n) is 11.0. The Balaban J connectivity index is 1.41. The predicted octanol–water partition coefficient (Wildman–Crippen LogP) is 4.30. The molecule has 180 valence electrons. The van der Waals surface area contributed by atoms with E-state index in [4.69, 9.17) is 18.8 Å². The van der Waals surface area contributed by atoms with E-state index in [0.29, 0.717) is 18.5 Å². The van der Waals surface area contributed by atoms with E-state index in [-0.39, 0.29) is 34.5 Å². The Morgan fingerprint density at radius 3 is 2.53 bits per heavy atom. The number of anilines is 2. The molecule has 2 aromatic heterocycles. The third-order valence-corrected chi connectivity index (χ3v) is 6.76. The Kier molecular flexibility index (Phi) is 5.89. The molecule has 5 rings (SSSR count). The number of carbonyl (C=O) groups excluding carboxylic acids is 2. The number of thiocarbonyl (C=S) groups is 1. The molecule has 3 aromatic rings.